The highest BCUT2D eigenvalue weighted by Crippen LogP contribution is 2.24. The quantitative estimate of drug-likeness (QED) is 0.867. The van der Waals surface area contributed by atoms with Gasteiger partial charge in [-0.05, 0) is 18.1 Å². The van der Waals surface area contributed by atoms with E-state index in [4.69, 9.17) is 4.74 Å². The summed E-state index contributed by atoms with van der Waals surface area (Å²) in [6, 6.07) is 7.51. The van der Waals surface area contributed by atoms with E-state index in [0.29, 0.717) is 30.6 Å². The number of hydrogen-bond acceptors (Lipinski definition) is 4. The SMILES string of the molecule is COC1CCN(S(=O)(=O)c2ccccc2CNC(C)C)C1. The summed E-state index contributed by atoms with van der Waals surface area (Å²) in [5.74, 6) is 0. The maximum absolute atomic E-state index is 12.8. The molecule has 1 atom stereocenters. The van der Waals surface area contributed by atoms with Crippen molar-refractivity contribution in [2.45, 2.75) is 43.9 Å². The molecule has 118 valence electrons. The van der Waals surface area contributed by atoms with E-state index in [1.807, 2.05) is 26.0 Å². The van der Waals surface area contributed by atoms with Gasteiger partial charge in [-0.1, -0.05) is 32.0 Å². The first-order chi connectivity index (χ1) is 9.95. The minimum Gasteiger partial charge on any atom is -0.380 e. The van der Waals surface area contributed by atoms with Crippen LogP contribution in [0.2, 0.25) is 0 Å². The first kappa shape index (κ1) is 16.4. The maximum Gasteiger partial charge on any atom is 0.243 e. The molecule has 2 rings (SSSR count). The average Bonchev–Trinajstić information content (AvgIpc) is 2.95. The molecule has 1 fully saturated rings. The Morgan fingerprint density at radius 1 is 1.38 bits per heavy atom. The molecule has 0 aromatic heterocycles. The Hall–Kier alpha value is -0.950. The van der Waals surface area contributed by atoms with Crippen LogP contribution in [0.15, 0.2) is 29.2 Å². The summed E-state index contributed by atoms with van der Waals surface area (Å²) in [5.41, 5.74) is 0.812. The molecular weight excluding hydrogens is 288 g/mol. The average molecular weight is 312 g/mol. The van der Waals surface area contributed by atoms with E-state index in [9.17, 15) is 8.42 Å². The minimum absolute atomic E-state index is 0.000672. The van der Waals surface area contributed by atoms with Crippen molar-refractivity contribution in [1.29, 1.82) is 0 Å². The molecule has 1 saturated heterocycles. The molecule has 1 heterocycles. The second-order valence-electron chi connectivity index (χ2n) is 5.65. The Labute approximate surface area is 127 Å². The largest absolute Gasteiger partial charge is 0.380 e. The third-order valence-electron chi connectivity index (χ3n) is 3.73. The molecule has 0 radical (unpaired) electrons. The lowest BCUT2D eigenvalue weighted by Gasteiger charge is -2.19. The fraction of sp³-hybridized carbons (Fsp3) is 0.600. The molecule has 0 amide bonds. The van der Waals surface area contributed by atoms with Gasteiger partial charge in [-0.25, -0.2) is 8.42 Å². The van der Waals surface area contributed by atoms with Crippen molar-refractivity contribution in [3.8, 4) is 0 Å². The second kappa shape index (κ2) is 6.87. The number of methoxy groups -OCH3 is 1. The van der Waals surface area contributed by atoms with Gasteiger partial charge in [0, 0.05) is 32.8 Å². The molecule has 1 unspecified atom stereocenters. The molecule has 1 aromatic carbocycles. The number of rotatable bonds is 6. The van der Waals surface area contributed by atoms with Crippen LogP contribution in [-0.4, -0.2) is 45.1 Å². The van der Waals surface area contributed by atoms with Crippen molar-refractivity contribution in [1.82, 2.24) is 9.62 Å². The fourth-order valence-corrected chi connectivity index (χ4v) is 4.17. The standard InChI is InChI=1S/C15H24N2O3S/c1-12(2)16-10-13-6-4-5-7-15(13)21(18,19)17-9-8-14(11-17)20-3/h4-7,12,14,16H,8-11H2,1-3H3. The first-order valence-corrected chi connectivity index (χ1v) is 8.73. The lowest BCUT2D eigenvalue weighted by Crippen LogP contribution is -2.31. The van der Waals surface area contributed by atoms with Gasteiger partial charge < -0.3 is 10.1 Å². The summed E-state index contributed by atoms with van der Waals surface area (Å²) < 4.78 is 32.4. The van der Waals surface area contributed by atoms with E-state index in [1.165, 1.54) is 4.31 Å². The van der Waals surface area contributed by atoms with Gasteiger partial charge in [0.15, 0.2) is 0 Å². The van der Waals surface area contributed by atoms with E-state index >= 15 is 0 Å². The zero-order chi connectivity index (χ0) is 15.5. The molecule has 0 spiro atoms. The van der Waals surface area contributed by atoms with Crippen LogP contribution >= 0.6 is 0 Å². The van der Waals surface area contributed by atoms with Crippen LogP contribution in [0.3, 0.4) is 0 Å². The Morgan fingerprint density at radius 3 is 2.71 bits per heavy atom. The molecule has 0 aliphatic carbocycles. The fourth-order valence-electron chi connectivity index (χ4n) is 2.46. The highest BCUT2D eigenvalue weighted by Gasteiger charge is 2.33. The summed E-state index contributed by atoms with van der Waals surface area (Å²) in [7, 11) is -1.82. The monoisotopic (exact) mass is 312 g/mol. The Balaban J connectivity index is 2.24. The summed E-state index contributed by atoms with van der Waals surface area (Å²) in [5, 5.41) is 3.28. The van der Waals surface area contributed by atoms with Gasteiger partial charge in [0.25, 0.3) is 0 Å². The van der Waals surface area contributed by atoms with Crippen LogP contribution in [0.25, 0.3) is 0 Å². The number of hydrogen-bond donors (Lipinski definition) is 1. The van der Waals surface area contributed by atoms with Crippen molar-refractivity contribution >= 4 is 10.0 Å². The van der Waals surface area contributed by atoms with Gasteiger partial charge in [-0.15, -0.1) is 0 Å². The molecule has 1 aliphatic rings. The van der Waals surface area contributed by atoms with Gasteiger partial charge in [0.2, 0.25) is 10.0 Å². The van der Waals surface area contributed by atoms with Gasteiger partial charge >= 0.3 is 0 Å². The van der Waals surface area contributed by atoms with Crippen LogP contribution in [0.4, 0.5) is 0 Å². The molecule has 1 aliphatic heterocycles. The van der Waals surface area contributed by atoms with Gasteiger partial charge in [-0.2, -0.15) is 4.31 Å². The van der Waals surface area contributed by atoms with E-state index in [-0.39, 0.29) is 6.10 Å². The van der Waals surface area contributed by atoms with E-state index < -0.39 is 10.0 Å². The number of sulfonamides is 1. The van der Waals surface area contributed by atoms with Crippen molar-refractivity contribution in [2.75, 3.05) is 20.2 Å². The second-order valence-corrected chi connectivity index (χ2v) is 7.56. The predicted octanol–water partition coefficient (Wildman–Crippen LogP) is 1.59. The predicted molar refractivity (Wildman–Crippen MR) is 82.6 cm³/mol. The van der Waals surface area contributed by atoms with Crippen molar-refractivity contribution < 1.29 is 13.2 Å². The van der Waals surface area contributed by atoms with Crippen molar-refractivity contribution in [2.24, 2.45) is 0 Å². The van der Waals surface area contributed by atoms with E-state index in [0.717, 1.165) is 12.0 Å². The smallest absolute Gasteiger partial charge is 0.243 e. The number of nitrogens with one attached hydrogen (secondary N) is 1. The first-order valence-electron chi connectivity index (χ1n) is 7.29. The molecule has 6 heteroatoms. The molecule has 1 aromatic rings. The summed E-state index contributed by atoms with van der Waals surface area (Å²) >= 11 is 0. The highest BCUT2D eigenvalue weighted by atomic mass is 32.2. The molecule has 1 N–H and O–H groups in total. The number of benzene rings is 1. The number of nitrogens with zero attached hydrogens (tertiary/aromatic N) is 1. The zero-order valence-electron chi connectivity index (χ0n) is 12.9. The maximum atomic E-state index is 12.8. The Bertz CT molecular complexity index is 572. The van der Waals surface area contributed by atoms with Gasteiger partial charge in [0.1, 0.15) is 0 Å². The van der Waals surface area contributed by atoms with Crippen molar-refractivity contribution in [3.05, 3.63) is 29.8 Å². The molecular formula is C15H24N2O3S. The van der Waals surface area contributed by atoms with Gasteiger partial charge in [-0.3, -0.25) is 0 Å². The van der Waals surface area contributed by atoms with Crippen LogP contribution in [0.5, 0.6) is 0 Å². The normalized spacial score (nSPS) is 20.3. The molecule has 5 nitrogen and oxygen atoms in total. The molecule has 21 heavy (non-hydrogen) atoms. The highest BCUT2D eigenvalue weighted by molar-refractivity contribution is 7.89. The third-order valence-corrected chi connectivity index (χ3v) is 5.70. The van der Waals surface area contributed by atoms with Gasteiger partial charge in [0.05, 0.1) is 11.0 Å². The van der Waals surface area contributed by atoms with Crippen LogP contribution in [0, 0.1) is 0 Å². The van der Waals surface area contributed by atoms with E-state index in [1.54, 1.807) is 19.2 Å². The van der Waals surface area contributed by atoms with Crippen LogP contribution in [0.1, 0.15) is 25.8 Å². The number of ether oxygens (including phenoxy) is 1. The minimum atomic E-state index is -3.45. The van der Waals surface area contributed by atoms with Crippen LogP contribution in [-0.2, 0) is 21.3 Å². The lowest BCUT2D eigenvalue weighted by molar-refractivity contribution is 0.115. The summed E-state index contributed by atoms with van der Waals surface area (Å²) in [4.78, 5) is 0.398. The van der Waals surface area contributed by atoms with Crippen molar-refractivity contribution in [3.63, 3.8) is 0 Å². The Morgan fingerprint density at radius 2 is 2.10 bits per heavy atom. The Kier molecular flexibility index (Phi) is 5.37. The zero-order valence-corrected chi connectivity index (χ0v) is 13.7. The molecule has 0 bridgehead atoms. The third kappa shape index (κ3) is 3.83. The van der Waals surface area contributed by atoms with E-state index in [2.05, 4.69) is 5.32 Å². The summed E-state index contributed by atoms with van der Waals surface area (Å²) in [6.45, 7) is 5.59. The molecule has 0 saturated carbocycles. The lowest BCUT2D eigenvalue weighted by atomic mass is 10.2. The van der Waals surface area contributed by atoms with Crippen LogP contribution < -0.4 is 5.32 Å². The topological polar surface area (TPSA) is 58.6 Å². The summed E-state index contributed by atoms with van der Waals surface area (Å²) in [6.07, 6.45) is 0.753.